The van der Waals surface area contributed by atoms with E-state index in [-0.39, 0.29) is 5.82 Å². The molecule has 0 amide bonds. The molecule has 1 N–H and O–H groups in total. The maximum atomic E-state index is 12.9. The molecule has 0 aliphatic rings. The van der Waals surface area contributed by atoms with Crippen LogP contribution < -0.4 is 10.1 Å². The van der Waals surface area contributed by atoms with Crippen LogP contribution in [-0.4, -0.2) is 6.54 Å². The maximum absolute atomic E-state index is 12.9. The lowest BCUT2D eigenvalue weighted by atomic mass is 10.1. The van der Waals surface area contributed by atoms with Crippen LogP contribution in [0.4, 0.5) is 4.39 Å². The van der Waals surface area contributed by atoms with E-state index in [4.69, 9.17) is 4.74 Å². The van der Waals surface area contributed by atoms with Crippen LogP contribution in [0.1, 0.15) is 23.6 Å². The molecule has 0 unspecified atom stereocenters. The summed E-state index contributed by atoms with van der Waals surface area (Å²) in [5, 5.41) is 3.31. The summed E-state index contributed by atoms with van der Waals surface area (Å²) in [5.41, 5.74) is 3.15. The van der Waals surface area contributed by atoms with Crippen LogP contribution >= 0.6 is 15.9 Å². The molecule has 21 heavy (non-hydrogen) atoms. The number of rotatable bonds is 6. The fraction of sp³-hybridized carbons (Fsp3) is 0.294. The molecule has 0 saturated heterocycles. The molecule has 0 heterocycles. The SMILES string of the molecule is CCNCc1cc(Br)cc(C)c1OCc1ccc(F)cc1. The van der Waals surface area contributed by atoms with Gasteiger partial charge in [0.1, 0.15) is 18.2 Å². The molecule has 0 radical (unpaired) electrons. The van der Waals surface area contributed by atoms with Crippen molar-refractivity contribution in [1.82, 2.24) is 5.32 Å². The molecular weight excluding hydrogens is 333 g/mol. The van der Waals surface area contributed by atoms with Gasteiger partial charge in [0.05, 0.1) is 0 Å². The van der Waals surface area contributed by atoms with E-state index in [1.54, 1.807) is 12.1 Å². The number of hydrogen-bond acceptors (Lipinski definition) is 2. The molecule has 0 atom stereocenters. The molecule has 0 aliphatic heterocycles. The first kappa shape index (κ1) is 16.0. The Labute approximate surface area is 133 Å². The minimum absolute atomic E-state index is 0.230. The molecule has 0 fully saturated rings. The van der Waals surface area contributed by atoms with Gasteiger partial charge in [-0.15, -0.1) is 0 Å². The first-order valence-corrected chi connectivity index (χ1v) is 7.76. The fourth-order valence-electron chi connectivity index (χ4n) is 2.13. The summed E-state index contributed by atoms with van der Waals surface area (Å²) in [6.07, 6.45) is 0. The first-order chi connectivity index (χ1) is 10.1. The van der Waals surface area contributed by atoms with Gasteiger partial charge in [-0.1, -0.05) is 35.0 Å². The van der Waals surface area contributed by atoms with Gasteiger partial charge in [-0.3, -0.25) is 0 Å². The van der Waals surface area contributed by atoms with E-state index in [9.17, 15) is 4.39 Å². The highest BCUT2D eigenvalue weighted by Crippen LogP contribution is 2.28. The van der Waals surface area contributed by atoms with Crippen molar-refractivity contribution < 1.29 is 9.13 Å². The van der Waals surface area contributed by atoms with Crippen LogP contribution in [0.15, 0.2) is 40.9 Å². The third-order valence-corrected chi connectivity index (χ3v) is 3.64. The summed E-state index contributed by atoms with van der Waals surface area (Å²) >= 11 is 3.52. The van der Waals surface area contributed by atoms with E-state index >= 15 is 0 Å². The lowest BCUT2D eigenvalue weighted by Gasteiger charge is -2.15. The number of ether oxygens (including phenoxy) is 1. The van der Waals surface area contributed by atoms with E-state index in [1.807, 2.05) is 13.0 Å². The molecule has 0 aromatic heterocycles. The van der Waals surface area contributed by atoms with Gasteiger partial charge in [-0.25, -0.2) is 4.39 Å². The largest absolute Gasteiger partial charge is 0.488 e. The second-order valence-corrected chi connectivity index (χ2v) is 5.82. The van der Waals surface area contributed by atoms with Crippen LogP contribution in [0, 0.1) is 12.7 Å². The van der Waals surface area contributed by atoms with E-state index in [0.29, 0.717) is 6.61 Å². The molecule has 112 valence electrons. The molecule has 2 nitrogen and oxygen atoms in total. The lowest BCUT2D eigenvalue weighted by Crippen LogP contribution is -2.13. The van der Waals surface area contributed by atoms with Crippen molar-refractivity contribution in [3.63, 3.8) is 0 Å². The molecule has 0 bridgehead atoms. The molecule has 0 spiro atoms. The van der Waals surface area contributed by atoms with Gasteiger partial charge in [0.2, 0.25) is 0 Å². The number of aryl methyl sites for hydroxylation is 1. The van der Waals surface area contributed by atoms with Gasteiger partial charge < -0.3 is 10.1 Å². The highest BCUT2D eigenvalue weighted by Gasteiger charge is 2.09. The normalized spacial score (nSPS) is 10.7. The summed E-state index contributed by atoms with van der Waals surface area (Å²) in [4.78, 5) is 0. The van der Waals surface area contributed by atoms with Crippen LogP contribution in [0.2, 0.25) is 0 Å². The van der Waals surface area contributed by atoms with Crippen LogP contribution in [0.25, 0.3) is 0 Å². The van der Waals surface area contributed by atoms with Crippen molar-refractivity contribution in [3.05, 3.63) is 63.4 Å². The Morgan fingerprint density at radius 3 is 2.57 bits per heavy atom. The Morgan fingerprint density at radius 1 is 1.19 bits per heavy atom. The zero-order valence-electron chi connectivity index (χ0n) is 12.2. The van der Waals surface area contributed by atoms with Crippen LogP contribution in [0.5, 0.6) is 5.75 Å². The Hall–Kier alpha value is -1.39. The molecule has 4 heteroatoms. The Morgan fingerprint density at radius 2 is 1.90 bits per heavy atom. The molecule has 0 aliphatic carbocycles. The van der Waals surface area contributed by atoms with E-state index in [1.165, 1.54) is 12.1 Å². The minimum atomic E-state index is -0.230. The smallest absolute Gasteiger partial charge is 0.127 e. The fourth-order valence-corrected chi connectivity index (χ4v) is 2.75. The Bertz CT molecular complexity index is 598. The maximum Gasteiger partial charge on any atom is 0.127 e. The molecule has 2 rings (SSSR count). The summed E-state index contributed by atoms with van der Waals surface area (Å²) < 4.78 is 19.9. The number of halogens is 2. The van der Waals surface area contributed by atoms with Crippen molar-refractivity contribution >= 4 is 15.9 Å². The zero-order valence-corrected chi connectivity index (χ0v) is 13.8. The third-order valence-electron chi connectivity index (χ3n) is 3.18. The Kier molecular flexibility index (Phi) is 5.76. The average Bonchev–Trinajstić information content (AvgIpc) is 2.45. The second kappa shape index (κ2) is 7.57. The predicted octanol–water partition coefficient (Wildman–Crippen LogP) is 4.59. The molecule has 2 aromatic rings. The molecule has 0 saturated carbocycles. The Balaban J connectivity index is 2.15. The van der Waals surface area contributed by atoms with Crippen molar-refractivity contribution in [3.8, 4) is 5.75 Å². The van der Waals surface area contributed by atoms with Gasteiger partial charge in [0.25, 0.3) is 0 Å². The van der Waals surface area contributed by atoms with Crippen LogP contribution in [-0.2, 0) is 13.2 Å². The summed E-state index contributed by atoms with van der Waals surface area (Å²) in [5.74, 6) is 0.662. The first-order valence-electron chi connectivity index (χ1n) is 6.97. The molecular formula is C17H19BrFNO. The third kappa shape index (κ3) is 4.55. The topological polar surface area (TPSA) is 21.3 Å². The van der Waals surface area contributed by atoms with E-state index in [2.05, 4.69) is 34.2 Å². The van der Waals surface area contributed by atoms with Crippen molar-refractivity contribution in [2.45, 2.75) is 27.0 Å². The van der Waals surface area contributed by atoms with Crippen molar-refractivity contribution in [1.29, 1.82) is 0 Å². The van der Waals surface area contributed by atoms with Gasteiger partial charge in [0, 0.05) is 16.6 Å². The minimum Gasteiger partial charge on any atom is -0.488 e. The van der Waals surface area contributed by atoms with Crippen LogP contribution in [0.3, 0.4) is 0 Å². The van der Waals surface area contributed by atoms with E-state index in [0.717, 1.165) is 40.0 Å². The number of nitrogens with one attached hydrogen (secondary N) is 1. The quantitative estimate of drug-likeness (QED) is 0.821. The monoisotopic (exact) mass is 351 g/mol. The average molecular weight is 352 g/mol. The van der Waals surface area contributed by atoms with Gasteiger partial charge in [0.15, 0.2) is 0 Å². The van der Waals surface area contributed by atoms with Crippen molar-refractivity contribution in [2.75, 3.05) is 6.54 Å². The second-order valence-electron chi connectivity index (χ2n) is 4.91. The highest BCUT2D eigenvalue weighted by atomic mass is 79.9. The lowest BCUT2D eigenvalue weighted by molar-refractivity contribution is 0.300. The van der Waals surface area contributed by atoms with Crippen molar-refractivity contribution in [2.24, 2.45) is 0 Å². The highest BCUT2D eigenvalue weighted by molar-refractivity contribution is 9.10. The number of hydrogen-bond donors (Lipinski definition) is 1. The predicted molar refractivity (Wildman–Crippen MR) is 87.0 cm³/mol. The summed E-state index contributed by atoms with van der Waals surface area (Å²) in [7, 11) is 0. The molecule has 2 aromatic carbocycles. The summed E-state index contributed by atoms with van der Waals surface area (Å²) in [6, 6.07) is 10.5. The van der Waals surface area contributed by atoms with E-state index < -0.39 is 0 Å². The summed E-state index contributed by atoms with van der Waals surface area (Å²) in [6.45, 7) is 6.20. The van der Waals surface area contributed by atoms with Gasteiger partial charge in [-0.05, 0) is 48.9 Å². The standard InChI is InChI=1S/C17H19BrFNO/c1-3-20-10-14-9-15(18)8-12(2)17(14)21-11-13-4-6-16(19)7-5-13/h4-9,20H,3,10-11H2,1-2H3. The zero-order chi connectivity index (χ0) is 15.2. The number of benzene rings is 2. The van der Waals surface area contributed by atoms with Gasteiger partial charge in [-0.2, -0.15) is 0 Å². The van der Waals surface area contributed by atoms with Gasteiger partial charge >= 0.3 is 0 Å².